The van der Waals surface area contributed by atoms with E-state index in [1.807, 2.05) is 13.0 Å². The molecule has 12 heavy (non-hydrogen) atoms. The highest BCUT2D eigenvalue weighted by molar-refractivity contribution is 6.19. The maximum Gasteiger partial charge on any atom is 0.123 e. The average Bonchev–Trinajstić information content (AvgIpc) is 2.09. The van der Waals surface area contributed by atoms with Crippen LogP contribution in [0, 0.1) is 5.82 Å². The molecule has 0 aliphatic carbocycles. The zero-order valence-electron chi connectivity index (χ0n) is 6.85. The van der Waals surface area contributed by atoms with Gasteiger partial charge in [0.2, 0.25) is 0 Å². The molecule has 0 nitrogen and oxygen atoms in total. The van der Waals surface area contributed by atoms with Crippen LogP contribution < -0.4 is 0 Å². The summed E-state index contributed by atoms with van der Waals surface area (Å²) in [7, 11) is 0. The van der Waals surface area contributed by atoms with Crippen molar-refractivity contribution in [2.24, 2.45) is 0 Å². The van der Waals surface area contributed by atoms with Crippen LogP contribution in [0.2, 0.25) is 0 Å². The van der Waals surface area contributed by atoms with Crippen molar-refractivity contribution in [2.45, 2.75) is 6.92 Å². The Bertz CT molecular complexity index is 274. The van der Waals surface area contributed by atoms with E-state index in [1.165, 1.54) is 12.1 Å². The summed E-state index contributed by atoms with van der Waals surface area (Å²) >= 11 is 5.59. The third-order valence-electron chi connectivity index (χ3n) is 1.49. The largest absolute Gasteiger partial charge is 0.207 e. The molecule has 0 radical (unpaired) electrons. The van der Waals surface area contributed by atoms with Gasteiger partial charge in [-0.3, -0.25) is 0 Å². The molecule has 1 rings (SSSR count). The van der Waals surface area contributed by atoms with Gasteiger partial charge < -0.3 is 0 Å². The summed E-state index contributed by atoms with van der Waals surface area (Å²) in [5, 5.41) is 0. The molecule has 64 valence electrons. The van der Waals surface area contributed by atoms with Gasteiger partial charge in [-0.15, -0.1) is 11.6 Å². The number of hydrogen-bond donors (Lipinski definition) is 0. The Hall–Kier alpha value is -0.820. The predicted molar refractivity (Wildman–Crippen MR) is 50.8 cm³/mol. The molecule has 0 aliphatic rings. The van der Waals surface area contributed by atoms with Gasteiger partial charge in [0, 0.05) is 5.88 Å². The van der Waals surface area contributed by atoms with Crippen LogP contribution in [0.3, 0.4) is 0 Å². The maximum atomic E-state index is 12.5. The summed E-state index contributed by atoms with van der Waals surface area (Å²) in [5.74, 6) is 0.299. The number of benzene rings is 1. The van der Waals surface area contributed by atoms with E-state index in [2.05, 4.69) is 0 Å². The zero-order chi connectivity index (χ0) is 8.97. The lowest BCUT2D eigenvalue weighted by Gasteiger charge is -1.95. The van der Waals surface area contributed by atoms with Crippen LogP contribution in [0.4, 0.5) is 4.39 Å². The normalized spacial score (nSPS) is 11.8. The van der Waals surface area contributed by atoms with Crippen molar-refractivity contribution in [2.75, 3.05) is 5.88 Å². The second-order valence-corrected chi connectivity index (χ2v) is 2.94. The van der Waals surface area contributed by atoms with Crippen molar-refractivity contribution >= 4 is 17.7 Å². The first kappa shape index (κ1) is 9.27. The van der Waals surface area contributed by atoms with E-state index < -0.39 is 0 Å². The third-order valence-corrected chi connectivity index (χ3v) is 1.92. The SMILES string of the molecule is CC(=Cc1ccc(F)cc1)CCl. The van der Waals surface area contributed by atoms with Gasteiger partial charge in [0.25, 0.3) is 0 Å². The average molecular weight is 185 g/mol. The summed E-state index contributed by atoms with van der Waals surface area (Å²) in [5.41, 5.74) is 2.05. The minimum Gasteiger partial charge on any atom is -0.207 e. The Labute approximate surface area is 76.7 Å². The third kappa shape index (κ3) is 2.67. The summed E-state index contributed by atoms with van der Waals surface area (Å²) in [6.07, 6.45) is 1.94. The quantitative estimate of drug-likeness (QED) is 0.618. The van der Waals surface area contributed by atoms with Gasteiger partial charge in [0.15, 0.2) is 0 Å². The lowest BCUT2D eigenvalue weighted by Crippen LogP contribution is -1.79. The fourth-order valence-electron chi connectivity index (χ4n) is 0.882. The smallest absolute Gasteiger partial charge is 0.123 e. The highest BCUT2D eigenvalue weighted by Crippen LogP contribution is 2.08. The van der Waals surface area contributed by atoms with Crippen molar-refractivity contribution in [1.29, 1.82) is 0 Å². The number of alkyl halides is 1. The first-order chi connectivity index (χ1) is 5.72. The zero-order valence-corrected chi connectivity index (χ0v) is 7.61. The van der Waals surface area contributed by atoms with E-state index >= 15 is 0 Å². The lowest BCUT2D eigenvalue weighted by molar-refractivity contribution is 0.628. The molecule has 2 heteroatoms. The van der Waals surface area contributed by atoms with Gasteiger partial charge in [0.05, 0.1) is 0 Å². The van der Waals surface area contributed by atoms with Crippen LogP contribution in [0.1, 0.15) is 12.5 Å². The molecular weight excluding hydrogens is 175 g/mol. The minimum atomic E-state index is -0.212. The Morgan fingerprint density at radius 3 is 2.50 bits per heavy atom. The molecule has 0 atom stereocenters. The Morgan fingerprint density at radius 1 is 1.42 bits per heavy atom. The van der Waals surface area contributed by atoms with E-state index in [0.717, 1.165) is 11.1 Å². The highest BCUT2D eigenvalue weighted by atomic mass is 35.5. The Balaban J connectivity index is 2.84. The fourth-order valence-corrected chi connectivity index (χ4v) is 0.959. The van der Waals surface area contributed by atoms with Crippen molar-refractivity contribution < 1.29 is 4.39 Å². The van der Waals surface area contributed by atoms with Gasteiger partial charge in [0.1, 0.15) is 5.82 Å². The molecule has 0 aromatic heterocycles. The molecule has 0 unspecified atom stereocenters. The van der Waals surface area contributed by atoms with E-state index in [9.17, 15) is 4.39 Å². The monoisotopic (exact) mass is 184 g/mol. The standard InChI is InChI=1S/C10H10ClF/c1-8(7-11)6-9-2-4-10(12)5-3-9/h2-6H,7H2,1H3. The minimum absolute atomic E-state index is 0.212. The predicted octanol–water partition coefficient (Wildman–Crippen LogP) is 3.47. The molecule has 1 aromatic rings. The topological polar surface area (TPSA) is 0 Å². The van der Waals surface area contributed by atoms with Crippen LogP contribution in [-0.4, -0.2) is 5.88 Å². The van der Waals surface area contributed by atoms with Crippen molar-refractivity contribution in [3.63, 3.8) is 0 Å². The van der Waals surface area contributed by atoms with Crippen molar-refractivity contribution in [1.82, 2.24) is 0 Å². The molecule has 0 saturated carbocycles. The van der Waals surface area contributed by atoms with Gasteiger partial charge in [-0.2, -0.15) is 0 Å². The van der Waals surface area contributed by atoms with Gasteiger partial charge in [-0.05, 0) is 24.6 Å². The first-order valence-corrected chi connectivity index (χ1v) is 4.24. The number of allylic oxidation sites excluding steroid dienone is 1. The molecular formula is C10H10ClF. The summed E-state index contributed by atoms with van der Waals surface area (Å²) in [6.45, 7) is 1.94. The second kappa shape index (κ2) is 4.27. The summed E-state index contributed by atoms with van der Waals surface area (Å²) in [4.78, 5) is 0. The van der Waals surface area contributed by atoms with E-state index in [4.69, 9.17) is 11.6 Å². The van der Waals surface area contributed by atoms with Gasteiger partial charge >= 0.3 is 0 Å². The van der Waals surface area contributed by atoms with Crippen molar-refractivity contribution in [3.05, 3.63) is 41.2 Å². The van der Waals surface area contributed by atoms with Crippen LogP contribution in [0.25, 0.3) is 6.08 Å². The van der Waals surface area contributed by atoms with Gasteiger partial charge in [-0.25, -0.2) is 4.39 Å². The highest BCUT2D eigenvalue weighted by Gasteiger charge is 1.90. The number of halogens is 2. The molecule has 0 fully saturated rings. The summed E-state index contributed by atoms with van der Waals surface area (Å²) in [6, 6.07) is 6.33. The molecule has 0 heterocycles. The number of hydrogen-bond acceptors (Lipinski definition) is 0. The van der Waals surface area contributed by atoms with Crippen LogP contribution in [0.5, 0.6) is 0 Å². The number of rotatable bonds is 2. The van der Waals surface area contributed by atoms with Crippen LogP contribution in [0.15, 0.2) is 29.8 Å². The van der Waals surface area contributed by atoms with Gasteiger partial charge in [-0.1, -0.05) is 23.8 Å². The molecule has 0 bridgehead atoms. The summed E-state index contributed by atoms with van der Waals surface area (Å²) < 4.78 is 12.5. The fraction of sp³-hybridized carbons (Fsp3) is 0.200. The lowest BCUT2D eigenvalue weighted by atomic mass is 10.1. The molecule has 0 amide bonds. The van der Waals surface area contributed by atoms with Crippen molar-refractivity contribution in [3.8, 4) is 0 Å². The Kier molecular flexibility index (Phi) is 3.30. The molecule has 1 aromatic carbocycles. The van der Waals surface area contributed by atoms with E-state index in [0.29, 0.717) is 5.88 Å². The molecule has 0 N–H and O–H groups in total. The maximum absolute atomic E-state index is 12.5. The van der Waals surface area contributed by atoms with Crippen LogP contribution >= 0.6 is 11.6 Å². The Morgan fingerprint density at radius 2 is 2.00 bits per heavy atom. The van der Waals surface area contributed by atoms with E-state index in [-0.39, 0.29) is 5.82 Å². The van der Waals surface area contributed by atoms with E-state index in [1.54, 1.807) is 12.1 Å². The van der Waals surface area contributed by atoms with Crippen LogP contribution in [-0.2, 0) is 0 Å². The molecule has 0 aliphatic heterocycles. The molecule has 0 saturated heterocycles. The molecule has 0 spiro atoms. The second-order valence-electron chi connectivity index (χ2n) is 2.68. The first-order valence-electron chi connectivity index (χ1n) is 3.71.